The molecule has 200 valence electrons. The number of hydrogen-bond acceptors (Lipinski definition) is 6. The number of methoxy groups -OCH3 is 1. The van der Waals surface area contributed by atoms with Crippen molar-refractivity contribution in [3.63, 3.8) is 0 Å². The molecule has 1 aliphatic heterocycles. The lowest BCUT2D eigenvalue weighted by molar-refractivity contribution is 0.0518. The van der Waals surface area contributed by atoms with Crippen molar-refractivity contribution in [1.29, 1.82) is 0 Å². The zero-order valence-corrected chi connectivity index (χ0v) is 22.5. The van der Waals surface area contributed by atoms with Crippen molar-refractivity contribution in [3.05, 3.63) is 95.7 Å². The molecule has 8 nitrogen and oxygen atoms in total. The van der Waals surface area contributed by atoms with Gasteiger partial charge in [-0.05, 0) is 68.4 Å². The number of piperazine rings is 1. The summed E-state index contributed by atoms with van der Waals surface area (Å²) in [6.45, 7) is 6.91. The second kappa shape index (κ2) is 11.4. The number of ether oxygens (including phenoxy) is 2. The number of rotatable bonds is 7. The number of hydrogen-bond donors (Lipinski definition) is 0. The molecule has 1 aromatic heterocycles. The van der Waals surface area contributed by atoms with E-state index in [0.717, 1.165) is 52.6 Å². The summed E-state index contributed by atoms with van der Waals surface area (Å²) in [7, 11) is 1.62. The number of aryl methyl sites for hydroxylation is 1. The maximum Gasteiger partial charge on any atom is 0.358 e. The monoisotopic (exact) mass is 524 g/mol. The molecule has 0 N–H and O–H groups in total. The first-order valence-electron chi connectivity index (χ1n) is 13.1. The Kier molecular flexibility index (Phi) is 7.63. The first-order chi connectivity index (χ1) is 19.0. The third-order valence-corrected chi connectivity index (χ3v) is 6.87. The van der Waals surface area contributed by atoms with Crippen molar-refractivity contribution < 1.29 is 19.1 Å². The van der Waals surface area contributed by atoms with Gasteiger partial charge in [-0.3, -0.25) is 4.79 Å². The molecule has 1 aliphatic rings. The maximum atomic E-state index is 12.9. The van der Waals surface area contributed by atoms with E-state index in [1.165, 1.54) is 0 Å². The summed E-state index contributed by atoms with van der Waals surface area (Å²) in [5.41, 5.74) is 5.67. The van der Waals surface area contributed by atoms with Crippen LogP contribution in [0.3, 0.4) is 0 Å². The number of anilines is 1. The lowest BCUT2D eigenvalue weighted by Crippen LogP contribution is -2.48. The molecule has 1 fully saturated rings. The molecule has 1 amide bonds. The Hall–Kier alpha value is -4.59. The topological polar surface area (TPSA) is 76.9 Å². The Morgan fingerprint density at radius 2 is 1.56 bits per heavy atom. The van der Waals surface area contributed by atoms with Gasteiger partial charge in [0.2, 0.25) is 0 Å². The highest BCUT2D eigenvalue weighted by Crippen LogP contribution is 2.28. The van der Waals surface area contributed by atoms with Gasteiger partial charge in [-0.15, -0.1) is 0 Å². The average Bonchev–Trinajstić information content (AvgIpc) is 3.43. The summed E-state index contributed by atoms with van der Waals surface area (Å²) >= 11 is 0. The number of amides is 1. The van der Waals surface area contributed by atoms with E-state index in [2.05, 4.69) is 22.1 Å². The van der Waals surface area contributed by atoms with Crippen molar-refractivity contribution in [3.8, 4) is 22.7 Å². The average molecular weight is 525 g/mol. The van der Waals surface area contributed by atoms with Crippen LogP contribution < -0.4 is 9.64 Å². The van der Waals surface area contributed by atoms with Crippen molar-refractivity contribution in [1.82, 2.24) is 14.7 Å². The van der Waals surface area contributed by atoms with Crippen molar-refractivity contribution in [2.24, 2.45) is 0 Å². The molecule has 0 atom stereocenters. The van der Waals surface area contributed by atoms with Crippen LogP contribution in [0, 0.1) is 6.92 Å². The summed E-state index contributed by atoms with van der Waals surface area (Å²) in [6.07, 6.45) is 0. The summed E-state index contributed by atoms with van der Waals surface area (Å²) in [4.78, 5) is 29.6. The fourth-order valence-corrected chi connectivity index (χ4v) is 4.78. The molecule has 0 bridgehead atoms. The second-order valence-electron chi connectivity index (χ2n) is 9.44. The summed E-state index contributed by atoms with van der Waals surface area (Å²) in [5, 5.41) is 4.55. The van der Waals surface area contributed by atoms with Gasteiger partial charge in [0.25, 0.3) is 5.91 Å². The van der Waals surface area contributed by atoms with Gasteiger partial charge in [-0.25, -0.2) is 9.48 Å². The second-order valence-corrected chi connectivity index (χ2v) is 9.44. The van der Waals surface area contributed by atoms with Gasteiger partial charge >= 0.3 is 5.97 Å². The van der Waals surface area contributed by atoms with Crippen LogP contribution in [0.2, 0.25) is 0 Å². The van der Waals surface area contributed by atoms with Gasteiger partial charge < -0.3 is 19.3 Å². The highest BCUT2D eigenvalue weighted by molar-refractivity contribution is 5.94. The zero-order valence-electron chi connectivity index (χ0n) is 22.5. The van der Waals surface area contributed by atoms with E-state index in [1.54, 1.807) is 24.8 Å². The molecule has 39 heavy (non-hydrogen) atoms. The highest BCUT2D eigenvalue weighted by Gasteiger charge is 2.23. The van der Waals surface area contributed by atoms with Crippen LogP contribution in [0.25, 0.3) is 16.9 Å². The Morgan fingerprint density at radius 1 is 0.872 bits per heavy atom. The third-order valence-electron chi connectivity index (χ3n) is 6.87. The largest absolute Gasteiger partial charge is 0.497 e. The van der Waals surface area contributed by atoms with E-state index in [9.17, 15) is 9.59 Å². The Labute approximate surface area is 228 Å². The highest BCUT2D eigenvalue weighted by atomic mass is 16.5. The van der Waals surface area contributed by atoms with Crippen molar-refractivity contribution in [2.75, 3.05) is 44.8 Å². The van der Waals surface area contributed by atoms with E-state index >= 15 is 0 Å². The molecule has 8 heteroatoms. The lowest BCUT2D eigenvalue weighted by Gasteiger charge is -2.36. The Balaban J connectivity index is 1.34. The molecule has 2 heterocycles. The molecular formula is C31H32N4O4. The lowest BCUT2D eigenvalue weighted by atomic mass is 10.1. The predicted molar refractivity (Wildman–Crippen MR) is 151 cm³/mol. The number of benzene rings is 3. The molecule has 1 saturated heterocycles. The standard InChI is InChI=1S/C31H32N4O4/c1-4-39-31(37)28-21-29(35(32-28)26-12-14-27(38-3)15-13-26)23-8-10-25(11-9-23)33-16-18-34(19-17-33)30(36)24-7-5-6-22(2)20-24/h5-15,20-21H,4,16-19H2,1-3H3. The van der Waals surface area contributed by atoms with Gasteiger partial charge in [0.15, 0.2) is 5.69 Å². The first-order valence-corrected chi connectivity index (χ1v) is 13.1. The number of carbonyl (C=O) groups excluding carboxylic acids is 2. The molecule has 0 aliphatic carbocycles. The van der Waals surface area contributed by atoms with Gasteiger partial charge in [-0.1, -0.05) is 29.8 Å². The van der Waals surface area contributed by atoms with Crippen LogP contribution in [-0.2, 0) is 4.74 Å². The van der Waals surface area contributed by atoms with Crippen LogP contribution in [0.1, 0.15) is 33.3 Å². The Bertz CT molecular complexity index is 1450. The predicted octanol–water partition coefficient (Wildman–Crippen LogP) is 5.00. The Morgan fingerprint density at radius 3 is 2.21 bits per heavy atom. The first kappa shape index (κ1) is 26.0. The van der Waals surface area contributed by atoms with E-state index < -0.39 is 5.97 Å². The number of esters is 1. The molecule has 4 aromatic rings. The quantitative estimate of drug-likeness (QED) is 0.317. The van der Waals surface area contributed by atoms with Crippen molar-refractivity contribution >= 4 is 17.6 Å². The van der Waals surface area contributed by atoms with Crippen LogP contribution in [0.15, 0.2) is 78.9 Å². The molecule has 3 aromatic carbocycles. The third kappa shape index (κ3) is 5.65. The van der Waals surface area contributed by atoms with E-state index in [1.807, 2.05) is 72.5 Å². The van der Waals surface area contributed by atoms with Gasteiger partial charge in [-0.2, -0.15) is 5.10 Å². The van der Waals surface area contributed by atoms with E-state index in [0.29, 0.717) is 13.1 Å². The van der Waals surface area contributed by atoms with Gasteiger partial charge in [0.05, 0.1) is 25.1 Å². The maximum absolute atomic E-state index is 12.9. The van der Waals surface area contributed by atoms with Gasteiger partial charge in [0, 0.05) is 43.0 Å². The molecule has 0 radical (unpaired) electrons. The number of aromatic nitrogens is 2. The van der Waals surface area contributed by atoms with E-state index in [4.69, 9.17) is 9.47 Å². The normalized spacial score (nSPS) is 13.3. The minimum atomic E-state index is -0.458. The van der Waals surface area contributed by atoms with Crippen molar-refractivity contribution in [2.45, 2.75) is 13.8 Å². The minimum absolute atomic E-state index is 0.0814. The molecule has 0 unspecified atom stereocenters. The summed E-state index contributed by atoms with van der Waals surface area (Å²) in [6, 6.07) is 25.2. The minimum Gasteiger partial charge on any atom is -0.497 e. The fourth-order valence-electron chi connectivity index (χ4n) is 4.78. The smallest absolute Gasteiger partial charge is 0.358 e. The molecule has 0 saturated carbocycles. The molecular weight excluding hydrogens is 492 g/mol. The number of carbonyl (C=O) groups is 2. The van der Waals surface area contributed by atoms with Crippen LogP contribution in [0.4, 0.5) is 5.69 Å². The zero-order chi connectivity index (χ0) is 27.4. The molecule has 0 spiro atoms. The SMILES string of the molecule is CCOC(=O)c1cc(-c2ccc(N3CCN(C(=O)c4cccc(C)c4)CC3)cc2)n(-c2ccc(OC)cc2)n1. The number of nitrogens with zero attached hydrogens (tertiary/aromatic N) is 4. The fraction of sp³-hybridized carbons (Fsp3) is 0.258. The summed E-state index contributed by atoms with van der Waals surface area (Å²) in [5.74, 6) is 0.363. The van der Waals surface area contributed by atoms with Crippen LogP contribution in [0.5, 0.6) is 5.75 Å². The van der Waals surface area contributed by atoms with Gasteiger partial charge in [0.1, 0.15) is 5.75 Å². The summed E-state index contributed by atoms with van der Waals surface area (Å²) < 4.78 is 12.2. The molecule has 5 rings (SSSR count). The van der Waals surface area contributed by atoms with Crippen LogP contribution in [-0.4, -0.2) is 66.5 Å². The van der Waals surface area contributed by atoms with E-state index in [-0.39, 0.29) is 18.2 Å². The van der Waals surface area contributed by atoms with Crippen LogP contribution >= 0.6 is 0 Å².